The number of hydrogen-bond acceptors (Lipinski definition) is 5. The molecule has 2 fully saturated rings. The zero-order chi connectivity index (χ0) is 41.3. The molecule has 10 rings (SSSR count). The second kappa shape index (κ2) is 15.2. The van der Waals surface area contributed by atoms with Crippen LogP contribution in [0.2, 0.25) is 0 Å². The lowest BCUT2D eigenvalue weighted by Crippen LogP contribution is -2.41. The van der Waals surface area contributed by atoms with Crippen LogP contribution in [0.15, 0.2) is 95.9 Å². The average Bonchev–Trinajstić information content (AvgIpc) is 3.77. The van der Waals surface area contributed by atoms with Gasteiger partial charge in [0.15, 0.2) is 10.5 Å². The third kappa shape index (κ3) is 6.35. The Morgan fingerprint density at radius 1 is 0.850 bits per heavy atom. The van der Waals surface area contributed by atoms with E-state index in [1.165, 1.54) is 102 Å². The summed E-state index contributed by atoms with van der Waals surface area (Å²) in [6.07, 6.45) is 21.4. The van der Waals surface area contributed by atoms with E-state index < -0.39 is 5.60 Å². The third-order valence-corrected chi connectivity index (χ3v) is 16.3. The molecule has 5 aromatic rings. The van der Waals surface area contributed by atoms with Crippen molar-refractivity contribution in [3.63, 3.8) is 0 Å². The Bertz CT molecular complexity index is 2480. The molecule has 0 aromatic heterocycles. The lowest BCUT2D eigenvalue weighted by molar-refractivity contribution is 0.0707. The molecule has 60 heavy (non-hydrogen) atoms. The van der Waals surface area contributed by atoms with E-state index in [4.69, 9.17) is 14.2 Å². The molecule has 0 bridgehead atoms. The number of unbranched alkanes of at least 4 members (excludes halogenated alkanes) is 3. The Hall–Kier alpha value is -4.48. The van der Waals surface area contributed by atoms with Gasteiger partial charge >= 0.3 is 0 Å². The van der Waals surface area contributed by atoms with Gasteiger partial charge in [0.05, 0.1) is 12.0 Å². The van der Waals surface area contributed by atoms with Crippen LogP contribution >= 0.6 is 11.8 Å². The number of fused-ring (bicyclic) bond motifs is 11. The van der Waals surface area contributed by atoms with Crippen LogP contribution in [0, 0.1) is 17.3 Å². The molecule has 5 aromatic carbocycles. The molecule has 2 heterocycles. The van der Waals surface area contributed by atoms with Crippen LogP contribution in [0.5, 0.6) is 17.2 Å². The van der Waals surface area contributed by atoms with Crippen molar-refractivity contribution in [2.24, 2.45) is 17.3 Å². The number of rotatable bonds is 10. The second-order valence-electron chi connectivity index (χ2n) is 19.6. The number of benzene rings is 5. The summed E-state index contributed by atoms with van der Waals surface area (Å²) >= 11 is 2.01. The van der Waals surface area contributed by atoms with E-state index in [9.17, 15) is 4.79 Å². The summed E-state index contributed by atoms with van der Waals surface area (Å²) in [5, 5.41) is 2.37. The topological polar surface area (TPSA) is 44.8 Å². The summed E-state index contributed by atoms with van der Waals surface area (Å²) in [4.78, 5) is 12.9. The number of thioether (sulfide) groups is 1. The quantitative estimate of drug-likeness (QED) is 0.104. The number of ether oxygens (including phenoxy) is 3. The first-order valence-electron chi connectivity index (χ1n) is 22.9. The minimum absolute atomic E-state index is 0.162. The van der Waals surface area contributed by atoms with Gasteiger partial charge < -0.3 is 14.2 Å². The lowest BCUT2D eigenvalue weighted by Gasteiger charge is -2.48. The molecule has 3 aliphatic carbocycles. The number of methoxy groups -OCH3 is 1. The number of aldehydes is 1. The van der Waals surface area contributed by atoms with Crippen LogP contribution in [0.3, 0.4) is 0 Å². The highest BCUT2D eigenvalue weighted by atomic mass is 32.2. The van der Waals surface area contributed by atoms with Gasteiger partial charge in [-0.1, -0.05) is 145 Å². The predicted molar refractivity (Wildman–Crippen MR) is 247 cm³/mol. The van der Waals surface area contributed by atoms with Crippen LogP contribution in [0.4, 0.5) is 0 Å². The van der Waals surface area contributed by atoms with Crippen LogP contribution in [0.25, 0.3) is 28.0 Å². The first-order valence-corrected chi connectivity index (χ1v) is 23.7. The fourth-order valence-corrected chi connectivity index (χ4v) is 14.2. The van der Waals surface area contributed by atoms with E-state index >= 15 is 0 Å². The standard InChI is InChI=1S/C55H60O4S/c1-6-7-8-14-28-55(40-15-10-9-11-16-40)58-47-30-44-45(31-48(47)60-55)51-43(50-49(44)42-17-12-13-18-46(42)53(50)33-36(2)32-52(3,4)35-53)27-29-54(59-51,38-21-19-37(34-56)20-22-38)39-23-25-41(57-5)26-24-39/h12-13,17-27,29-31,34,36,40H,6-11,14-16,28,32-33,35H2,1-5H3. The monoisotopic (exact) mass is 816 g/mol. The fourth-order valence-electron chi connectivity index (χ4n) is 12.6. The molecule has 4 nitrogen and oxygen atoms in total. The minimum Gasteiger partial charge on any atom is -0.497 e. The molecule has 0 radical (unpaired) electrons. The van der Waals surface area contributed by atoms with E-state index in [1.807, 2.05) is 36.0 Å². The van der Waals surface area contributed by atoms with E-state index in [0.717, 1.165) is 59.3 Å². The Morgan fingerprint density at radius 3 is 2.32 bits per heavy atom. The smallest absolute Gasteiger partial charge is 0.178 e. The molecule has 1 spiro atoms. The summed E-state index contributed by atoms with van der Waals surface area (Å²) in [6.45, 7) is 9.72. The SMILES string of the molecule is CCCCCCC1(C2CCCCC2)Oc2cc3c4c(c5c(c3cc2S1)OC(c1ccc(C=O)cc1)(c1ccc(OC)cc1)C=C5)C1(CC(C)CC(C)(C)C1)c1ccccc1-4. The normalized spacial score (nSPS) is 26.2. The number of carbonyl (C=O) groups excluding carboxylic acids is 1. The maximum Gasteiger partial charge on any atom is 0.178 e. The van der Waals surface area contributed by atoms with Gasteiger partial charge in [-0.25, -0.2) is 0 Å². The third-order valence-electron chi connectivity index (χ3n) is 14.8. The molecule has 2 aliphatic heterocycles. The summed E-state index contributed by atoms with van der Waals surface area (Å²) < 4.78 is 21.0. The van der Waals surface area contributed by atoms with Crippen LogP contribution in [-0.2, 0) is 11.0 Å². The van der Waals surface area contributed by atoms with Crippen molar-refractivity contribution in [2.45, 2.75) is 132 Å². The predicted octanol–water partition coefficient (Wildman–Crippen LogP) is 14.9. The highest BCUT2D eigenvalue weighted by Crippen LogP contribution is 2.66. The lowest BCUT2D eigenvalue weighted by atomic mass is 9.56. The molecule has 2 saturated carbocycles. The van der Waals surface area contributed by atoms with E-state index in [-0.39, 0.29) is 15.8 Å². The van der Waals surface area contributed by atoms with E-state index in [0.29, 0.717) is 17.4 Å². The largest absolute Gasteiger partial charge is 0.497 e. The van der Waals surface area contributed by atoms with Crippen molar-refractivity contribution >= 4 is 34.9 Å². The second-order valence-corrected chi connectivity index (χ2v) is 21.0. The van der Waals surface area contributed by atoms with Crippen molar-refractivity contribution in [2.75, 3.05) is 7.11 Å². The highest BCUT2D eigenvalue weighted by molar-refractivity contribution is 8.01. The van der Waals surface area contributed by atoms with Gasteiger partial charge in [-0.2, -0.15) is 0 Å². The first-order chi connectivity index (χ1) is 29.1. The fraction of sp³-hybridized carbons (Fsp3) is 0.436. The molecule has 5 aliphatic rings. The Morgan fingerprint density at radius 2 is 1.60 bits per heavy atom. The van der Waals surface area contributed by atoms with Gasteiger partial charge in [-0.3, -0.25) is 4.79 Å². The maximum absolute atomic E-state index is 11.9. The van der Waals surface area contributed by atoms with E-state index in [2.05, 4.69) is 101 Å². The van der Waals surface area contributed by atoms with Crippen LogP contribution < -0.4 is 14.2 Å². The molecular weight excluding hydrogens is 757 g/mol. The van der Waals surface area contributed by atoms with E-state index in [1.54, 1.807) is 7.11 Å². The van der Waals surface area contributed by atoms with Crippen molar-refractivity contribution in [1.82, 2.24) is 0 Å². The summed E-state index contributed by atoms with van der Waals surface area (Å²) in [5.41, 5.74) is 8.48. The summed E-state index contributed by atoms with van der Waals surface area (Å²) in [6, 6.07) is 30.4. The number of hydrogen-bond donors (Lipinski definition) is 0. The Kier molecular flexibility index (Phi) is 10.0. The van der Waals surface area contributed by atoms with Crippen LogP contribution in [-0.4, -0.2) is 18.3 Å². The summed E-state index contributed by atoms with van der Waals surface area (Å²) in [7, 11) is 1.71. The van der Waals surface area contributed by atoms with Gasteiger partial charge in [0.25, 0.3) is 0 Å². The molecule has 0 saturated heterocycles. The molecule has 5 heteroatoms. The molecule has 0 N–H and O–H groups in total. The molecule has 4 unspecified atom stereocenters. The van der Waals surface area contributed by atoms with Crippen LogP contribution in [0.1, 0.15) is 149 Å². The zero-order valence-electron chi connectivity index (χ0n) is 36.2. The van der Waals surface area contributed by atoms with Gasteiger partial charge in [0.2, 0.25) is 0 Å². The average molecular weight is 817 g/mol. The highest BCUT2D eigenvalue weighted by Gasteiger charge is 2.54. The molecule has 4 atom stereocenters. The van der Waals surface area contributed by atoms with Crippen molar-refractivity contribution in [1.29, 1.82) is 0 Å². The van der Waals surface area contributed by atoms with Gasteiger partial charge in [-0.05, 0) is 114 Å². The van der Waals surface area contributed by atoms with Crippen molar-refractivity contribution < 1.29 is 19.0 Å². The molecular formula is C55H60O4S. The molecule has 0 amide bonds. The van der Waals surface area contributed by atoms with Gasteiger partial charge in [-0.15, -0.1) is 0 Å². The first kappa shape index (κ1) is 39.6. The van der Waals surface area contributed by atoms with Crippen molar-refractivity contribution in [3.8, 4) is 28.4 Å². The molecule has 310 valence electrons. The number of carbonyl (C=O) groups is 1. The zero-order valence-corrected chi connectivity index (χ0v) is 37.0. The van der Waals surface area contributed by atoms with Gasteiger partial charge in [0.1, 0.15) is 23.5 Å². The van der Waals surface area contributed by atoms with Gasteiger partial charge in [0, 0.05) is 39.0 Å². The minimum atomic E-state index is -0.951. The maximum atomic E-state index is 11.9. The summed E-state index contributed by atoms with van der Waals surface area (Å²) in [5.74, 6) is 3.88. The Labute approximate surface area is 361 Å². The van der Waals surface area contributed by atoms with Crippen molar-refractivity contribution in [3.05, 3.63) is 124 Å². The Balaban J connectivity index is 1.24.